The molecular formula is C21H24N4O. The molecule has 5 heteroatoms. The van der Waals surface area contributed by atoms with Gasteiger partial charge in [-0.25, -0.2) is 4.98 Å². The molecule has 2 aromatic carbocycles. The van der Waals surface area contributed by atoms with Crippen molar-refractivity contribution in [3.63, 3.8) is 0 Å². The monoisotopic (exact) mass is 348 g/mol. The third-order valence-corrected chi connectivity index (χ3v) is 5.15. The molecule has 0 aliphatic carbocycles. The Morgan fingerprint density at radius 2 is 1.54 bits per heavy atom. The molecule has 1 saturated heterocycles. The van der Waals surface area contributed by atoms with E-state index >= 15 is 0 Å². The van der Waals surface area contributed by atoms with E-state index in [-0.39, 0.29) is 0 Å². The quantitative estimate of drug-likeness (QED) is 0.744. The van der Waals surface area contributed by atoms with Gasteiger partial charge in [0, 0.05) is 6.54 Å². The molecule has 0 saturated carbocycles. The molecule has 5 nitrogen and oxygen atoms in total. The van der Waals surface area contributed by atoms with Crippen LogP contribution in [0.15, 0.2) is 67.0 Å². The van der Waals surface area contributed by atoms with Gasteiger partial charge < -0.3 is 10.4 Å². The number of aliphatic hydroxyl groups is 1. The van der Waals surface area contributed by atoms with Crippen molar-refractivity contribution in [2.24, 2.45) is 5.92 Å². The van der Waals surface area contributed by atoms with Crippen LogP contribution in [0.3, 0.4) is 0 Å². The van der Waals surface area contributed by atoms with Crippen molar-refractivity contribution in [2.75, 3.05) is 13.1 Å². The Labute approximate surface area is 153 Å². The minimum Gasteiger partial charge on any atom is -0.373 e. The van der Waals surface area contributed by atoms with Gasteiger partial charge >= 0.3 is 0 Å². The van der Waals surface area contributed by atoms with E-state index in [1.54, 1.807) is 6.33 Å². The predicted octanol–water partition coefficient (Wildman–Crippen LogP) is 2.56. The molecule has 0 amide bonds. The summed E-state index contributed by atoms with van der Waals surface area (Å²) >= 11 is 0. The van der Waals surface area contributed by atoms with E-state index in [1.807, 2.05) is 65.3 Å². The second-order valence-electron chi connectivity index (χ2n) is 6.93. The summed E-state index contributed by atoms with van der Waals surface area (Å²) in [6.07, 6.45) is 4.04. The maximum absolute atomic E-state index is 11.7. The first-order valence-electron chi connectivity index (χ1n) is 9.21. The largest absolute Gasteiger partial charge is 0.373 e. The van der Waals surface area contributed by atoms with Gasteiger partial charge in [-0.2, -0.15) is 5.10 Å². The first-order valence-corrected chi connectivity index (χ1v) is 9.21. The van der Waals surface area contributed by atoms with Crippen LogP contribution in [0.5, 0.6) is 0 Å². The molecule has 3 aromatic rings. The van der Waals surface area contributed by atoms with Crippen LogP contribution < -0.4 is 5.32 Å². The second kappa shape index (κ2) is 7.40. The van der Waals surface area contributed by atoms with Crippen molar-refractivity contribution in [3.05, 3.63) is 83.9 Å². The van der Waals surface area contributed by atoms with E-state index in [0.717, 1.165) is 43.6 Å². The van der Waals surface area contributed by atoms with Crippen molar-refractivity contribution in [2.45, 2.75) is 25.0 Å². The molecule has 2 heterocycles. The number of benzene rings is 2. The summed E-state index contributed by atoms with van der Waals surface area (Å²) in [7, 11) is 0. The molecule has 0 spiro atoms. The first kappa shape index (κ1) is 16.9. The number of hydrogen-bond acceptors (Lipinski definition) is 4. The molecule has 1 aromatic heterocycles. The van der Waals surface area contributed by atoms with E-state index in [4.69, 9.17) is 0 Å². The average Bonchev–Trinajstić information content (AvgIpc) is 3.18. The maximum Gasteiger partial charge on any atom is 0.191 e. The second-order valence-corrected chi connectivity index (χ2v) is 6.93. The predicted molar refractivity (Wildman–Crippen MR) is 101 cm³/mol. The van der Waals surface area contributed by atoms with Crippen molar-refractivity contribution < 1.29 is 5.11 Å². The highest BCUT2D eigenvalue weighted by atomic mass is 16.3. The summed E-state index contributed by atoms with van der Waals surface area (Å²) < 4.78 is 1.88. The zero-order chi connectivity index (χ0) is 17.8. The fourth-order valence-electron chi connectivity index (χ4n) is 3.66. The van der Waals surface area contributed by atoms with Crippen LogP contribution in [-0.4, -0.2) is 33.0 Å². The molecule has 134 valence electrons. The van der Waals surface area contributed by atoms with Crippen LogP contribution in [0, 0.1) is 5.92 Å². The molecule has 2 N–H and O–H groups in total. The number of nitrogens with one attached hydrogen (secondary N) is 1. The Hall–Kier alpha value is -2.50. The number of rotatable bonds is 5. The summed E-state index contributed by atoms with van der Waals surface area (Å²) in [5.74, 6) is 1.02. The van der Waals surface area contributed by atoms with Gasteiger partial charge in [0.2, 0.25) is 0 Å². The van der Waals surface area contributed by atoms with E-state index in [2.05, 4.69) is 15.4 Å². The SMILES string of the molecule is OC(c1ccccc1)(c1ccccc1)c1ncn(CC2CCNCC2)n1. The van der Waals surface area contributed by atoms with Gasteiger partial charge in [-0.05, 0) is 43.0 Å². The van der Waals surface area contributed by atoms with Crippen LogP contribution in [0.4, 0.5) is 0 Å². The minimum atomic E-state index is -1.36. The summed E-state index contributed by atoms with van der Waals surface area (Å²) in [6, 6.07) is 19.3. The van der Waals surface area contributed by atoms with E-state index in [0.29, 0.717) is 11.7 Å². The lowest BCUT2D eigenvalue weighted by Gasteiger charge is -2.26. The van der Waals surface area contributed by atoms with Crippen molar-refractivity contribution in [1.82, 2.24) is 20.1 Å². The van der Waals surface area contributed by atoms with Gasteiger partial charge in [0.1, 0.15) is 6.33 Å². The molecule has 0 unspecified atom stereocenters. The molecule has 0 bridgehead atoms. The average molecular weight is 348 g/mol. The lowest BCUT2D eigenvalue weighted by Crippen LogP contribution is -2.31. The van der Waals surface area contributed by atoms with Gasteiger partial charge in [-0.15, -0.1) is 0 Å². The number of nitrogens with zero attached hydrogens (tertiary/aromatic N) is 3. The number of piperidine rings is 1. The Kier molecular flexibility index (Phi) is 4.82. The smallest absolute Gasteiger partial charge is 0.191 e. The summed E-state index contributed by atoms with van der Waals surface area (Å²) in [4.78, 5) is 4.49. The molecule has 1 fully saturated rings. The highest BCUT2D eigenvalue weighted by molar-refractivity contribution is 5.41. The molecule has 1 aliphatic heterocycles. The fraction of sp³-hybridized carbons (Fsp3) is 0.333. The fourth-order valence-corrected chi connectivity index (χ4v) is 3.66. The van der Waals surface area contributed by atoms with Gasteiger partial charge in [0.25, 0.3) is 0 Å². The summed E-state index contributed by atoms with van der Waals surface area (Å²) in [5.41, 5.74) is 0.179. The van der Waals surface area contributed by atoms with Gasteiger partial charge in [-0.3, -0.25) is 4.68 Å². The third-order valence-electron chi connectivity index (χ3n) is 5.15. The van der Waals surface area contributed by atoms with Crippen molar-refractivity contribution in [1.29, 1.82) is 0 Å². The highest BCUT2D eigenvalue weighted by Gasteiger charge is 2.37. The lowest BCUT2D eigenvalue weighted by molar-refractivity contribution is 0.115. The molecular weight excluding hydrogens is 324 g/mol. The van der Waals surface area contributed by atoms with Crippen molar-refractivity contribution in [3.8, 4) is 0 Å². The molecule has 1 aliphatic rings. The van der Waals surface area contributed by atoms with E-state index < -0.39 is 5.60 Å². The minimum absolute atomic E-state index is 0.420. The Morgan fingerprint density at radius 1 is 0.962 bits per heavy atom. The lowest BCUT2D eigenvalue weighted by atomic mass is 9.86. The normalized spacial score (nSPS) is 15.9. The Morgan fingerprint density at radius 3 is 2.12 bits per heavy atom. The third kappa shape index (κ3) is 3.28. The molecule has 0 radical (unpaired) electrons. The van der Waals surface area contributed by atoms with Crippen LogP contribution in [0.2, 0.25) is 0 Å². The molecule has 26 heavy (non-hydrogen) atoms. The van der Waals surface area contributed by atoms with E-state index in [1.165, 1.54) is 0 Å². The number of hydrogen-bond donors (Lipinski definition) is 2. The topological polar surface area (TPSA) is 63.0 Å². The van der Waals surface area contributed by atoms with E-state index in [9.17, 15) is 5.11 Å². The number of aromatic nitrogens is 3. The highest BCUT2D eigenvalue weighted by Crippen LogP contribution is 2.34. The molecule has 0 atom stereocenters. The Balaban J connectivity index is 1.69. The zero-order valence-corrected chi connectivity index (χ0v) is 14.8. The van der Waals surface area contributed by atoms with Gasteiger partial charge in [-0.1, -0.05) is 60.7 Å². The summed E-state index contributed by atoms with van der Waals surface area (Å²) in [6.45, 7) is 2.96. The van der Waals surface area contributed by atoms with Crippen LogP contribution in [0.1, 0.15) is 29.8 Å². The van der Waals surface area contributed by atoms with Crippen LogP contribution in [0.25, 0.3) is 0 Å². The van der Waals surface area contributed by atoms with Crippen LogP contribution >= 0.6 is 0 Å². The summed E-state index contributed by atoms with van der Waals surface area (Å²) in [5, 5.41) is 19.7. The molecule has 4 rings (SSSR count). The maximum atomic E-state index is 11.7. The first-order chi connectivity index (χ1) is 12.8. The Bertz CT molecular complexity index is 786. The van der Waals surface area contributed by atoms with Gasteiger partial charge in [0.15, 0.2) is 11.4 Å². The van der Waals surface area contributed by atoms with Crippen molar-refractivity contribution >= 4 is 0 Å². The van der Waals surface area contributed by atoms with Gasteiger partial charge in [0.05, 0.1) is 0 Å². The van der Waals surface area contributed by atoms with Crippen LogP contribution in [-0.2, 0) is 12.1 Å². The zero-order valence-electron chi connectivity index (χ0n) is 14.8. The standard InChI is InChI=1S/C21H24N4O/c26-21(18-7-3-1-4-8-18,19-9-5-2-6-10-19)20-23-16-25(24-20)15-17-11-13-22-14-12-17/h1-10,16-17,22,26H,11-15H2.